The molecule has 0 spiro atoms. The van der Waals surface area contributed by atoms with Crippen LogP contribution in [-0.4, -0.2) is 31.8 Å². The van der Waals surface area contributed by atoms with E-state index in [2.05, 4.69) is 10.6 Å². The minimum Gasteiger partial charge on any atom is -0.356 e. The smallest absolute Gasteiger partial charge is 0.220 e. The molecule has 0 aliphatic carbocycles. The van der Waals surface area contributed by atoms with Gasteiger partial charge in [0.25, 0.3) is 0 Å². The number of ketones is 1. The SMILES string of the molecule is CNCCCNC(=O)CCC(=O)C(C)(C)C. The summed E-state index contributed by atoms with van der Waals surface area (Å²) in [5.74, 6) is 0.103. The molecule has 0 unspecified atom stereocenters. The van der Waals surface area contributed by atoms with Crippen LogP contribution in [0.1, 0.15) is 40.0 Å². The predicted octanol–water partition coefficient (Wildman–Crippen LogP) is 1.11. The van der Waals surface area contributed by atoms with E-state index in [1.165, 1.54) is 0 Å². The third-order valence-electron chi connectivity index (χ3n) is 2.34. The fourth-order valence-electron chi connectivity index (χ4n) is 1.18. The van der Waals surface area contributed by atoms with E-state index < -0.39 is 0 Å². The molecule has 0 radical (unpaired) electrons. The molecule has 2 N–H and O–H groups in total. The number of nitrogens with one attached hydrogen (secondary N) is 2. The van der Waals surface area contributed by atoms with Crippen molar-refractivity contribution < 1.29 is 9.59 Å². The Hall–Kier alpha value is -0.900. The summed E-state index contributed by atoms with van der Waals surface area (Å²) >= 11 is 0. The number of carbonyl (C=O) groups is 2. The molecule has 0 rings (SSSR count). The number of carbonyl (C=O) groups excluding carboxylic acids is 2. The van der Waals surface area contributed by atoms with E-state index in [1.54, 1.807) is 0 Å². The predicted molar refractivity (Wildman–Crippen MR) is 65.2 cm³/mol. The molecule has 0 bridgehead atoms. The molecular weight excluding hydrogens is 204 g/mol. The largest absolute Gasteiger partial charge is 0.356 e. The summed E-state index contributed by atoms with van der Waals surface area (Å²) in [5, 5.41) is 5.80. The first-order valence-corrected chi connectivity index (χ1v) is 5.82. The van der Waals surface area contributed by atoms with E-state index in [1.807, 2.05) is 27.8 Å². The maximum Gasteiger partial charge on any atom is 0.220 e. The highest BCUT2D eigenvalue weighted by atomic mass is 16.2. The number of hydrogen-bond donors (Lipinski definition) is 2. The maximum atomic E-state index is 11.6. The van der Waals surface area contributed by atoms with Gasteiger partial charge in [0.15, 0.2) is 0 Å². The number of Topliss-reactive ketones (excluding diaryl/α,β-unsaturated/α-hetero) is 1. The van der Waals surface area contributed by atoms with Crippen molar-refractivity contribution in [2.75, 3.05) is 20.1 Å². The van der Waals surface area contributed by atoms with Gasteiger partial charge in [0, 0.05) is 24.8 Å². The molecular formula is C12H24N2O2. The Morgan fingerprint density at radius 2 is 1.69 bits per heavy atom. The monoisotopic (exact) mass is 228 g/mol. The molecule has 94 valence electrons. The first-order valence-electron chi connectivity index (χ1n) is 5.82. The average molecular weight is 228 g/mol. The van der Waals surface area contributed by atoms with Crippen molar-refractivity contribution in [3.8, 4) is 0 Å². The van der Waals surface area contributed by atoms with Gasteiger partial charge in [-0.25, -0.2) is 0 Å². The van der Waals surface area contributed by atoms with Gasteiger partial charge in [-0.15, -0.1) is 0 Å². The second-order valence-corrected chi connectivity index (χ2v) is 4.98. The van der Waals surface area contributed by atoms with Gasteiger partial charge in [-0.3, -0.25) is 9.59 Å². The Bertz CT molecular complexity index is 232. The fraction of sp³-hybridized carbons (Fsp3) is 0.833. The molecule has 0 atom stereocenters. The molecule has 0 aromatic heterocycles. The van der Waals surface area contributed by atoms with Gasteiger partial charge in [-0.05, 0) is 20.0 Å². The van der Waals surface area contributed by atoms with Crippen molar-refractivity contribution in [1.29, 1.82) is 0 Å². The van der Waals surface area contributed by atoms with Gasteiger partial charge in [0.05, 0.1) is 0 Å². The van der Waals surface area contributed by atoms with E-state index >= 15 is 0 Å². The van der Waals surface area contributed by atoms with Crippen LogP contribution in [0.3, 0.4) is 0 Å². The lowest BCUT2D eigenvalue weighted by atomic mass is 9.88. The average Bonchev–Trinajstić information content (AvgIpc) is 2.19. The van der Waals surface area contributed by atoms with Crippen LogP contribution in [0.25, 0.3) is 0 Å². The highest BCUT2D eigenvalue weighted by Gasteiger charge is 2.21. The second-order valence-electron chi connectivity index (χ2n) is 4.98. The van der Waals surface area contributed by atoms with E-state index in [0.29, 0.717) is 19.4 Å². The third-order valence-corrected chi connectivity index (χ3v) is 2.34. The van der Waals surface area contributed by atoms with Gasteiger partial charge in [-0.1, -0.05) is 20.8 Å². The van der Waals surface area contributed by atoms with Gasteiger partial charge in [0.2, 0.25) is 5.91 Å². The summed E-state index contributed by atoms with van der Waals surface area (Å²) in [6, 6.07) is 0. The van der Waals surface area contributed by atoms with Crippen molar-refractivity contribution in [3.05, 3.63) is 0 Å². The summed E-state index contributed by atoms with van der Waals surface area (Å²) < 4.78 is 0. The molecule has 0 saturated heterocycles. The molecule has 0 saturated carbocycles. The lowest BCUT2D eigenvalue weighted by molar-refractivity contribution is -0.129. The maximum absolute atomic E-state index is 11.6. The van der Waals surface area contributed by atoms with Crippen LogP contribution in [0.5, 0.6) is 0 Å². The fourth-order valence-corrected chi connectivity index (χ4v) is 1.18. The molecule has 0 heterocycles. The number of amides is 1. The molecule has 1 amide bonds. The highest BCUT2D eigenvalue weighted by molar-refractivity contribution is 5.88. The zero-order valence-corrected chi connectivity index (χ0v) is 10.9. The zero-order valence-electron chi connectivity index (χ0n) is 10.9. The van der Waals surface area contributed by atoms with Crippen LogP contribution >= 0.6 is 0 Å². The van der Waals surface area contributed by atoms with E-state index in [9.17, 15) is 9.59 Å². The van der Waals surface area contributed by atoms with Gasteiger partial charge < -0.3 is 10.6 Å². The van der Waals surface area contributed by atoms with E-state index in [0.717, 1.165) is 13.0 Å². The Labute approximate surface area is 98.2 Å². The minimum absolute atomic E-state index is 0.0336. The molecule has 0 aromatic rings. The molecule has 0 aliphatic heterocycles. The molecule has 0 aromatic carbocycles. The van der Waals surface area contributed by atoms with Crippen LogP contribution in [0, 0.1) is 5.41 Å². The summed E-state index contributed by atoms with van der Waals surface area (Å²) in [5.41, 5.74) is -0.341. The standard InChI is InChI=1S/C12H24N2O2/c1-12(2,3)10(15)6-7-11(16)14-9-5-8-13-4/h13H,5-9H2,1-4H3,(H,14,16). The normalized spacial score (nSPS) is 11.2. The number of hydrogen-bond acceptors (Lipinski definition) is 3. The van der Waals surface area contributed by atoms with Crippen LogP contribution in [0.2, 0.25) is 0 Å². The molecule has 4 nitrogen and oxygen atoms in total. The first-order chi connectivity index (χ1) is 7.38. The first kappa shape index (κ1) is 15.1. The topological polar surface area (TPSA) is 58.2 Å². The summed E-state index contributed by atoms with van der Waals surface area (Å²) in [4.78, 5) is 22.9. The molecule has 4 heteroatoms. The van der Waals surface area contributed by atoms with Crippen LogP contribution < -0.4 is 10.6 Å². The Morgan fingerprint density at radius 1 is 1.06 bits per heavy atom. The number of rotatable bonds is 7. The van der Waals surface area contributed by atoms with Crippen molar-refractivity contribution in [2.45, 2.75) is 40.0 Å². The summed E-state index contributed by atoms with van der Waals surface area (Å²) in [6.07, 6.45) is 1.55. The third kappa shape index (κ3) is 7.40. The minimum atomic E-state index is -0.341. The zero-order chi connectivity index (χ0) is 12.6. The highest BCUT2D eigenvalue weighted by Crippen LogP contribution is 2.17. The Kier molecular flexibility index (Phi) is 6.97. The summed E-state index contributed by atoms with van der Waals surface area (Å²) in [6.45, 7) is 7.19. The van der Waals surface area contributed by atoms with Crippen LogP contribution in [-0.2, 0) is 9.59 Å². The molecule has 16 heavy (non-hydrogen) atoms. The van der Waals surface area contributed by atoms with Crippen molar-refractivity contribution in [3.63, 3.8) is 0 Å². The van der Waals surface area contributed by atoms with Crippen LogP contribution in [0.4, 0.5) is 0 Å². The molecule has 0 fully saturated rings. The van der Waals surface area contributed by atoms with Gasteiger partial charge >= 0.3 is 0 Å². The van der Waals surface area contributed by atoms with Gasteiger partial charge in [0.1, 0.15) is 5.78 Å². The van der Waals surface area contributed by atoms with Gasteiger partial charge in [-0.2, -0.15) is 0 Å². The van der Waals surface area contributed by atoms with Crippen molar-refractivity contribution >= 4 is 11.7 Å². The second kappa shape index (κ2) is 7.39. The van der Waals surface area contributed by atoms with Crippen LogP contribution in [0.15, 0.2) is 0 Å². The Balaban J connectivity index is 3.62. The van der Waals surface area contributed by atoms with Crippen molar-refractivity contribution in [2.24, 2.45) is 5.41 Å². The Morgan fingerprint density at radius 3 is 2.19 bits per heavy atom. The molecule has 0 aliphatic rings. The quantitative estimate of drug-likeness (QED) is 0.642. The van der Waals surface area contributed by atoms with E-state index in [-0.39, 0.29) is 17.1 Å². The van der Waals surface area contributed by atoms with Crippen molar-refractivity contribution in [1.82, 2.24) is 10.6 Å². The lowest BCUT2D eigenvalue weighted by Crippen LogP contribution is -2.28. The summed E-state index contributed by atoms with van der Waals surface area (Å²) in [7, 11) is 1.88. The lowest BCUT2D eigenvalue weighted by Gasteiger charge is -2.16. The van der Waals surface area contributed by atoms with E-state index in [4.69, 9.17) is 0 Å².